The number of hydrogen-bond acceptors (Lipinski definition) is 6. The molecule has 1 aromatic carbocycles. The first-order chi connectivity index (χ1) is 13.4. The predicted molar refractivity (Wildman–Crippen MR) is 101 cm³/mol. The first kappa shape index (κ1) is 19.6. The second-order valence-electron chi connectivity index (χ2n) is 6.98. The highest BCUT2D eigenvalue weighted by molar-refractivity contribution is 5.89. The number of esters is 1. The maximum absolute atomic E-state index is 12.1. The number of rotatable bonds is 6. The van der Waals surface area contributed by atoms with Crippen LogP contribution in [-0.2, 0) is 9.53 Å². The number of nitro benzene ring substituents is 1. The van der Waals surface area contributed by atoms with Crippen LogP contribution in [0.3, 0.4) is 0 Å². The zero-order chi connectivity index (χ0) is 20.1. The fourth-order valence-corrected chi connectivity index (χ4v) is 3.33. The molecule has 0 radical (unpaired) electrons. The molecule has 2 aromatic rings. The lowest BCUT2D eigenvalue weighted by Gasteiger charge is -2.29. The largest absolute Gasteiger partial charge is 0.450 e. The number of non-ortho nitro benzene ring substituents is 1. The summed E-state index contributed by atoms with van der Waals surface area (Å²) in [5.41, 5.74) is 0.557. The molecule has 8 heteroatoms. The Hall–Kier alpha value is -3.16. The molecule has 1 saturated carbocycles. The number of benzene rings is 1. The average molecular weight is 386 g/mol. The molecule has 0 spiro atoms. The summed E-state index contributed by atoms with van der Waals surface area (Å²) >= 11 is 0. The summed E-state index contributed by atoms with van der Waals surface area (Å²) in [6.45, 7) is 1.74. The van der Waals surface area contributed by atoms with E-state index in [1.807, 2.05) is 0 Å². The van der Waals surface area contributed by atoms with Crippen LogP contribution < -0.4 is 5.32 Å². The Labute approximate surface area is 162 Å². The fraction of sp³-hybridized carbons (Fsp3) is 0.400. The number of nitro groups is 1. The van der Waals surface area contributed by atoms with Gasteiger partial charge in [-0.1, -0.05) is 19.8 Å². The minimum atomic E-state index is -0.736. The van der Waals surface area contributed by atoms with Gasteiger partial charge in [0.25, 0.3) is 11.6 Å². The van der Waals surface area contributed by atoms with Gasteiger partial charge in [0.2, 0.25) is 5.76 Å². The minimum absolute atomic E-state index is 0.0340. The van der Waals surface area contributed by atoms with Gasteiger partial charge in [-0.15, -0.1) is 0 Å². The third-order valence-electron chi connectivity index (χ3n) is 4.96. The van der Waals surface area contributed by atoms with Crippen molar-refractivity contribution in [3.63, 3.8) is 0 Å². The van der Waals surface area contributed by atoms with Crippen LogP contribution in [0.4, 0.5) is 5.69 Å². The van der Waals surface area contributed by atoms with Gasteiger partial charge in [0, 0.05) is 23.7 Å². The van der Waals surface area contributed by atoms with Crippen LogP contribution in [0, 0.1) is 16.0 Å². The molecule has 2 atom stereocenters. The zero-order valence-corrected chi connectivity index (χ0v) is 15.6. The Morgan fingerprint density at radius 1 is 1.18 bits per heavy atom. The van der Waals surface area contributed by atoms with E-state index >= 15 is 0 Å². The van der Waals surface area contributed by atoms with Crippen LogP contribution in [0.15, 0.2) is 40.8 Å². The van der Waals surface area contributed by atoms with E-state index in [1.165, 1.54) is 36.8 Å². The molecule has 1 heterocycles. The number of hydrogen-bond donors (Lipinski definition) is 1. The third-order valence-corrected chi connectivity index (χ3v) is 4.96. The number of ether oxygens (including phenoxy) is 1. The third kappa shape index (κ3) is 4.76. The molecule has 1 aromatic heterocycles. The normalized spacial score (nSPS) is 19.0. The van der Waals surface area contributed by atoms with E-state index in [0.29, 0.717) is 17.2 Å². The smallest absolute Gasteiger partial charge is 0.374 e. The van der Waals surface area contributed by atoms with Crippen molar-refractivity contribution in [2.24, 2.45) is 5.92 Å². The fourth-order valence-electron chi connectivity index (χ4n) is 3.33. The van der Waals surface area contributed by atoms with E-state index in [-0.39, 0.29) is 30.0 Å². The summed E-state index contributed by atoms with van der Waals surface area (Å²) in [6.07, 6.45) is 4.30. The Balaban J connectivity index is 1.53. The SMILES string of the molecule is C[C@H]1CCCC[C@H]1NC(=O)COC(=O)c1ccc(-c2ccc([N+](=O)[O-])cc2)o1. The van der Waals surface area contributed by atoms with Crippen LogP contribution in [0.25, 0.3) is 11.3 Å². The van der Waals surface area contributed by atoms with Crippen molar-refractivity contribution in [3.05, 3.63) is 52.3 Å². The monoisotopic (exact) mass is 386 g/mol. The zero-order valence-electron chi connectivity index (χ0n) is 15.6. The summed E-state index contributed by atoms with van der Waals surface area (Å²) in [5.74, 6) is -0.300. The molecule has 3 rings (SSSR count). The molecular weight excluding hydrogens is 364 g/mol. The molecular formula is C20H22N2O6. The van der Waals surface area contributed by atoms with E-state index < -0.39 is 10.9 Å². The van der Waals surface area contributed by atoms with Crippen molar-refractivity contribution in [2.75, 3.05) is 6.61 Å². The molecule has 1 aliphatic carbocycles. The summed E-state index contributed by atoms with van der Waals surface area (Å²) < 4.78 is 10.5. The standard InChI is InChI=1S/C20H22N2O6/c1-13-4-2-3-5-16(13)21-19(23)12-27-20(24)18-11-10-17(28-18)14-6-8-15(9-7-14)22(25)26/h6-11,13,16H,2-5,12H2,1H3,(H,21,23)/t13-,16+/m0/s1. The van der Waals surface area contributed by atoms with Gasteiger partial charge in [-0.05, 0) is 43.0 Å². The van der Waals surface area contributed by atoms with E-state index in [2.05, 4.69) is 12.2 Å². The number of carbonyl (C=O) groups is 2. The van der Waals surface area contributed by atoms with Crippen molar-refractivity contribution >= 4 is 17.6 Å². The van der Waals surface area contributed by atoms with Gasteiger partial charge in [0.1, 0.15) is 5.76 Å². The topological polar surface area (TPSA) is 112 Å². The van der Waals surface area contributed by atoms with Gasteiger partial charge >= 0.3 is 5.97 Å². The first-order valence-electron chi connectivity index (χ1n) is 9.25. The van der Waals surface area contributed by atoms with Crippen molar-refractivity contribution in [1.29, 1.82) is 0 Å². The number of furan rings is 1. The van der Waals surface area contributed by atoms with Gasteiger partial charge < -0.3 is 14.5 Å². The van der Waals surface area contributed by atoms with Crippen LogP contribution in [0.5, 0.6) is 0 Å². The van der Waals surface area contributed by atoms with Gasteiger partial charge in [0.05, 0.1) is 4.92 Å². The molecule has 8 nitrogen and oxygen atoms in total. The predicted octanol–water partition coefficient (Wildman–Crippen LogP) is 3.71. The number of amides is 1. The van der Waals surface area contributed by atoms with Gasteiger partial charge in [-0.3, -0.25) is 14.9 Å². The van der Waals surface area contributed by atoms with Crippen molar-refractivity contribution in [1.82, 2.24) is 5.32 Å². The van der Waals surface area contributed by atoms with Crippen molar-refractivity contribution < 1.29 is 23.7 Å². The van der Waals surface area contributed by atoms with E-state index in [1.54, 1.807) is 6.07 Å². The van der Waals surface area contributed by atoms with E-state index in [0.717, 1.165) is 19.3 Å². The lowest BCUT2D eigenvalue weighted by atomic mass is 9.86. The number of carbonyl (C=O) groups excluding carboxylic acids is 2. The average Bonchev–Trinajstić information content (AvgIpc) is 3.18. The van der Waals surface area contributed by atoms with E-state index in [9.17, 15) is 19.7 Å². The van der Waals surface area contributed by atoms with Gasteiger partial charge in [0.15, 0.2) is 6.61 Å². The van der Waals surface area contributed by atoms with Crippen LogP contribution in [0.2, 0.25) is 0 Å². The molecule has 1 amide bonds. The quantitative estimate of drug-likeness (QED) is 0.460. The Morgan fingerprint density at radius 3 is 2.57 bits per heavy atom. The molecule has 0 saturated heterocycles. The highest BCUT2D eigenvalue weighted by Crippen LogP contribution is 2.25. The second-order valence-corrected chi connectivity index (χ2v) is 6.98. The maximum Gasteiger partial charge on any atom is 0.374 e. The molecule has 1 fully saturated rings. The molecule has 148 valence electrons. The molecule has 0 unspecified atom stereocenters. The number of nitrogens with zero attached hydrogens (tertiary/aromatic N) is 1. The minimum Gasteiger partial charge on any atom is -0.450 e. The molecule has 1 aliphatic rings. The summed E-state index contributed by atoms with van der Waals surface area (Å²) in [6, 6.07) is 8.91. The summed E-state index contributed by atoms with van der Waals surface area (Å²) in [5, 5.41) is 13.6. The first-order valence-corrected chi connectivity index (χ1v) is 9.25. The summed E-state index contributed by atoms with van der Waals surface area (Å²) in [7, 11) is 0. The molecule has 0 aliphatic heterocycles. The van der Waals surface area contributed by atoms with Gasteiger partial charge in [-0.2, -0.15) is 0 Å². The highest BCUT2D eigenvalue weighted by atomic mass is 16.6. The van der Waals surface area contributed by atoms with Crippen molar-refractivity contribution in [3.8, 4) is 11.3 Å². The lowest BCUT2D eigenvalue weighted by molar-refractivity contribution is -0.384. The molecule has 28 heavy (non-hydrogen) atoms. The molecule has 0 bridgehead atoms. The van der Waals surface area contributed by atoms with E-state index in [4.69, 9.17) is 9.15 Å². The van der Waals surface area contributed by atoms with Crippen molar-refractivity contribution in [2.45, 2.75) is 38.6 Å². The van der Waals surface area contributed by atoms with Crippen LogP contribution in [0.1, 0.15) is 43.2 Å². The Kier molecular flexibility index (Phi) is 6.08. The Morgan fingerprint density at radius 2 is 1.89 bits per heavy atom. The lowest BCUT2D eigenvalue weighted by Crippen LogP contribution is -2.42. The maximum atomic E-state index is 12.1. The summed E-state index contributed by atoms with van der Waals surface area (Å²) in [4.78, 5) is 34.3. The van der Waals surface area contributed by atoms with Gasteiger partial charge in [-0.25, -0.2) is 4.79 Å². The second kappa shape index (κ2) is 8.69. The number of nitrogens with one attached hydrogen (secondary N) is 1. The van der Waals surface area contributed by atoms with Crippen LogP contribution >= 0.6 is 0 Å². The molecule has 1 N–H and O–H groups in total. The van der Waals surface area contributed by atoms with Crippen LogP contribution in [-0.4, -0.2) is 29.4 Å². The highest BCUT2D eigenvalue weighted by Gasteiger charge is 2.23. The Bertz CT molecular complexity index is 858.